The number of hydrogen-bond acceptors (Lipinski definition) is 6. The third kappa shape index (κ3) is 4.60. The van der Waals surface area contributed by atoms with Gasteiger partial charge < -0.3 is 25.2 Å². The highest BCUT2D eigenvalue weighted by atomic mass is 35.5. The molecular formula is C16H19ClO6. The van der Waals surface area contributed by atoms with Gasteiger partial charge in [-0.05, 0) is 23.8 Å². The summed E-state index contributed by atoms with van der Waals surface area (Å²) in [5.74, 6) is -0.315. The lowest BCUT2D eigenvalue weighted by Gasteiger charge is -2.39. The van der Waals surface area contributed by atoms with Crippen molar-refractivity contribution in [2.45, 2.75) is 36.9 Å². The quantitative estimate of drug-likeness (QED) is 0.568. The zero-order valence-electron chi connectivity index (χ0n) is 12.2. The maximum atomic E-state index is 12.0. The van der Waals surface area contributed by atoms with Crippen LogP contribution in [0.5, 0.6) is 0 Å². The Bertz CT molecular complexity index is 556. The number of allylic oxidation sites excluding steroid dienone is 1. The lowest BCUT2D eigenvalue weighted by molar-refractivity contribution is -0.229. The van der Waals surface area contributed by atoms with Crippen molar-refractivity contribution in [3.63, 3.8) is 0 Å². The second-order valence-electron chi connectivity index (χ2n) is 5.42. The van der Waals surface area contributed by atoms with Gasteiger partial charge in [0.1, 0.15) is 24.4 Å². The molecule has 5 atom stereocenters. The van der Waals surface area contributed by atoms with E-state index in [1.54, 1.807) is 30.3 Å². The highest BCUT2D eigenvalue weighted by Crippen LogP contribution is 2.23. The third-order valence-electron chi connectivity index (χ3n) is 3.73. The molecule has 1 aliphatic rings. The first-order valence-corrected chi connectivity index (χ1v) is 7.57. The molecule has 0 unspecified atom stereocenters. The number of rotatable bonds is 5. The van der Waals surface area contributed by atoms with Crippen LogP contribution in [0.1, 0.15) is 12.0 Å². The Morgan fingerprint density at radius 2 is 1.70 bits per heavy atom. The Kier molecular flexibility index (Phi) is 6.29. The number of halogens is 1. The summed E-state index contributed by atoms with van der Waals surface area (Å²) in [4.78, 5) is 12.0. The summed E-state index contributed by atoms with van der Waals surface area (Å²) in [5, 5.41) is 38.9. The normalized spacial score (nSPS) is 31.4. The van der Waals surface area contributed by atoms with Crippen molar-refractivity contribution in [2.75, 3.05) is 6.61 Å². The van der Waals surface area contributed by atoms with E-state index < -0.39 is 37.1 Å². The van der Waals surface area contributed by atoms with E-state index >= 15 is 0 Å². The van der Waals surface area contributed by atoms with Gasteiger partial charge >= 0.3 is 0 Å². The predicted molar refractivity (Wildman–Crippen MR) is 83.9 cm³/mol. The largest absolute Gasteiger partial charge is 0.394 e. The van der Waals surface area contributed by atoms with Crippen LogP contribution < -0.4 is 0 Å². The van der Waals surface area contributed by atoms with E-state index in [1.165, 1.54) is 6.08 Å². The van der Waals surface area contributed by atoms with Crippen LogP contribution >= 0.6 is 11.6 Å². The second-order valence-corrected chi connectivity index (χ2v) is 5.86. The molecule has 6 nitrogen and oxygen atoms in total. The standard InChI is InChI=1S/C16H19ClO6/c17-10-4-1-9(2-5-10)3-6-11(19)7-12-14(20)16(22)15(21)13(8-18)23-12/h1-6,12-16,18,20-22H,7-8H2/b6-3+/t12-,13+,14-,15+,16+/m0/s1. The van der Waals surface area contributed by atoms with Crippen molar-refractivity contribution in [2.24, 2.45) is 0 Å². The molecule has 1 heterocycles. The number of aliphatic hydroxyl groups excluding tert-OH is 4. The van der Waals surface area contributed by atoms with Crippen LogP contribution in [0.3, 0.4) is 0 Å². The minimum atomic E-state index is -1.47. The van der Waals surface area contributed by atoms with E-state index in [2.05, 4.69) is 0 Å². The molecule has 0 saturated carbocycles. The van der Waals surface area contributed by atoms with Crippen molar-refractivity contribution in [1.29, 1.82) is 0 Å². The second kappa shape index (κ2) is 8.01. The van der Waals surface area contributed by atoms with Crippen LogP contribution in [0.15, 0.2) is 30.3 Å². The molecule has 0 bridgehead atoms. The first-order valence-electron chi connectivity index (χ1n) is 7.19. The molecule has 1 aliphatic heterocycles. The molecule has 1 aromatic carbocycles. The van der Waals surface area contributed by atoms with E-state index in [1.807, 2.05) is 0 Å². The van der Waals surface area contributed by atoms with Crippen molar-refractivity contribution in [3.8, 4) is 0 Å². The molecule has 1 saturated heterocycles. The Morgan fingerprint density at radius 1 is 1.09 bits per heavy atom. The smallest absolute Gasteiger partial charge is 0.158 e. The highest BCUT2D eigenvalue weighted by Gasteiger charge is 2.43. The van der Waals surface area contributed by atoms with Crippen molar-refractivity contribution >= 4 is 23.5 Å². The van der Waals surface area contributed by atoms with Crippen LogP contribution in [0.25, 0.3) is 6.08 Å². The minimum Gasteiger partial charge on any atom is -0.394 e. The Labute approximate surface area is 138 Å². The minimum absolute atomic E-state index is 0.175. The molecule has 0 aliphatic carbocycles. The molecule has 7 heteroatoms. The summed E-state index contributed by atoms with van der Waals surface area (Å²) in [6, 6.07) is 6.90. The highest BCUT2D eigenvalue weighted by molar-refractivity contribution is 6.30. The molecule has 1 aromatic rings. The Morgan fingerprint density at radius 3 is 2.30 bits per heavy atom. The van der Waals surface area contributed by atoms with E-state index in [-0.39, 0.29) is 12.2 Å². The zero-order valence-corrected chi connectivity index (χ0v) is 13.0. The number of hydrogen-bond donors (Lipinski definition) is 4. The van der Waals surface area contributed by atoms with Gasteiger partial charge in [0.15, 0.2) is 5.78 Å². The summed E-state index contributed by atoms with van der Waals surface area (Å²) in [6.45, 7) is -0.518. The molecule has 23 heavy (non-hydrogen) atoms. The summed E-state index contributed by atoms with van der Waals surface area (Å²) in [5.41, 5.74) is 0.788. The van der Waals surface area contributed by atoms with Gasteiger partial charge in [0.25, 0.3) is 0 Å². The fourth-order valence-electron chi connectivity index (χ4n) is 2.38. The topological polar surface area (TPSA) is 107 Å². The van der Waals surface area contributed by atoms with Crippen molar-refractivity contribution < 1.29 is 30.0 Å². The number of aliphatic hydroxyl groups is 4. The van der Waals surface area contributed by atoms with Gasteiger partial charge in [-0.2, -0.15) is 0 Å². The maximum Gasteiger partial charge on any atom is 0.158 e. The van der Waals surface area contributed by atoms with Crippen LogP contribution in [-0.2, 0) is 9.53 Å². The van der Waals surface area contributed by atoms with Crippen LogP contribution in [0, 0.1) is 0 Å². The predicted octanol–water partition coefficient (Wildman–Crippen LogP) is 0.155. The number of carbonyl (C=O) groups excluding carboxylic acids is 1. The van der Waals surface area contributed by atoms with Crippen molar-refractivity contribution in [1.82, 2.24) is 0 Å². The zero-order chi connectivity index (χ0) is 17.0. The third-order valence-corrected chi connectivity index (χ3v) is 3.98. The molecule has 0 spiro atoms. The van der Waals surface area contributed by atoms with Gasteiger partial charge in [-0.3, -0.25) is 4.79 Å². The van der Waals surface area contributed by atoms with Crippen LogP contribution in [0.4, 0.5) is 0 Å². The molecular weight excluding hydrogens is 324 g/mol. The van der Waals surface area contributed by atoms with E-state index in [0.717, 1.165) is 5.56 Å². The summed E-state index contributed by atoms with van der Waals surface area (Å²) >= 11 is 5.77. The molecule has 0 aromatic heterocycles. The number of ether oxygens (including phenoxy) is 1. The molecule has 0 radical (unpaired) electrons. The fourth-order valence-corrected chi connectivity index (χ4v) is 2.50. The molecule has 4 N–H and O–H groups in total. The lowest BCUT2D eigenvalue weighted by Crippen LogP contribution is -2.58. The van der Waals surface area contributed by atoms with Gasteiger partial charge in [-0.1, -0.05) is 29.8 Å². The molecule has 1 fully saturated rings. The van der Waals surface area contributed by atoms with Crippen LogP contribution in [0.2, 0.25) is 5.02 Å². The van der Waals surface area contributed by atoms with E-state index in [0.29, 0.717) is 5.02 Å². The fraction of sp³-hybridized carbons (Fsp3) is 0.438. The van der Waals surface area contributed by atoms with Gasteiger partial charge in [0, 0.05) is 11.4 Å². The SMILES string of the molecule is O=C(/C=C/c1ccc(Cl)cc1)C[C@@H]1O[C@H](CO)[C@@H](O)[C@H](O)[C@H]1O. The summed E-state index contributed by atoms with van der Waals surface area (Å²) in [7, 11) is 0. The Balaban J connectivity index is 1.97. The van der Waals surface area contributed by atoms with Gasteiger partial charge in [0.05, 0.1) is 12.7 Å². The number of benzene rings is 1. The average molecular weight is 343 g/mol. The van der Waals surface area contributed by atoms with E-state index in [9.17, 15) is 20.1 Å². The molecule has 0 amide bonds. The van der Waals surface area contributed by atoms with Gasteiger partial charge in [0.2, 0.25) is 0 Å². The van der Waals surface area contributed by atoms with Gasteiger partial charge in [-0.25, -0.2) is 0 Å². The number of ketones is 1. The average Bonchev–Trinajstić information content (AvgIpc) is 2.55. The van der Waals surface area contributed by atoms with Gasteiger partial charge in [-0.15, -0.1) is 0 Å². The monoisotopic (exact) mass is 342 g/mol. The summed E-state index contributed by atoms with van der Waals surface area (Å²) < 4.78 is 5.29. The maximum absolute atomic E-state index is 12.0. The summed E-state index contributed by atoms with van der Waals surface area (Å²) in [6.07, 6.45) is -3.54. The first kappa shape index (κ1) is 18.1. The Hall–Kier alpha value is -1.28. The lowest BCUT2D eigenvalue weighted by atomic mass is 9.92. The van der Waals surface area contributed by atoms with Crippen molar-refractivity contribution in [3.05, 3.63) is 40.9 Å². The molecule has 2 rings (SSSR count). The van der Waals surface area contributed by atoms with E-state index in [4.69, 9.17) is 21.4 Å². The number of carbonyl (C=O) groups is 1. The van der Waals surface area contributed by atoms with Crippen LogP contribution in [-0.4, -0.2) is 63.3 Å². The molecule has 126 valence electrons. The first-order chi connectivity index (χ1) is 10.9.